The number of aliphatic hydroxyl groups excluding tert-OH is 1. The van der Waals surface area contributed by atoms with Crippen LogP contribution in [0.15, 0.2) is 78.4 Å². The molecule has 33 heavy (non-hydrogen) atoms. The Labute approximate surface area is 190 Å². The van der Waals surface area contributed by atoms with Crippen molar-refractivity contribution in [3.8, 4) is 11.5 Å². The lowest BCUT2D eigenvalue weighted by Gasteiger charge is -2.25. The molecule has 1 saturated heterocycles. The summed E-state index contributed by atoms with van der Waals surface area (Å²) in [6, 6.07) is 17.7. The van der Waals surface area contributed by atoms with E-state index in [1.165, 1.54) is 30.2 Å². The zero-order chi connectivity index (χ0) is 23.5. The number of halogens is 1. The molecule has 0 saturated carbocycles. The summed E-state index contributed by atoms with van der Waals surface area (Å²) < 4.78 is 25.5. The lowest BCUT2D eigenvalue weighted by atomic mass is 9.94. The molecule has 1 N–H and O–H groups in total. The van der Waals surface area contributed by atoms with Crippen LogP contribution in [0.5, 0.6) is 11.5 Å². The highest BCUT2D eigenvalue weighted by molar-refractivity contribution is 6.51. The van der Waals surface area contributed by atoms with Crippen molar-refractivity contribution in [3.05, 3.63) is 95.3 Å². The molecule has 1 fully saturated rings. The summed E-state index contributed by atoms with van der Waals surface area (Å²) in [6.45, 7) is 2.33. The van der Waals surface area contributed by atoms with E-state index in [2.05, 4.69) is 0 Å². The molecule has 1 aliphatic rings. The zero-order valence-electron chi connectivity index (χ0n) is 18.1. The Morgan fingerprint density at radius 3 is 2.21 bits per heavy atom. The van der Waals surface area contributed by atoms with Crippen molar-refractivity contribution in [1.82, 2.24) is 0 Å². The van der Waals surface area contributed by atoms with E-state index >= 15 is 0 Å². The number of aliphatic hydroxyl groups is 1. The molecule has 168 valence electrons. The second-order valence-corrected chi connectivity index (χ2v) is 7.35. The van der Waals surface area contributed by atoms with Crippen molar-refractivity contribution < 1.29 is 28.6 Å². The number of carbonyl (C=O) groups excluding carboxylic acids is 2. The number of amides is 1. The van der Waals surface area contributed by atoms with Gasteiger partial charge in [-0.2, -0.15) is 0 Å². The molecule has 1 aliphatic heterocycles. The van der Waals surface area contributed by atoms with Gasteiger partial charge in [0.05, 0.1) is 25.3 Å². The number of ether oxygens (including phenoxy) is 2. The van der Waals surface area contributed by atoms with Crippen LogP contribution in [0.25, 0.3) is 5.76 Å². The maximum Gasteiger partial charge on any atom is 0.300 e. The van der Waals surface area contributed by atoms with Gasteiger partial charge in [0.25, 0.3) is 11.7 Å². The quantitative estimate of drug-likeness (QED) is 0.332. The molecule has 0 aromatic heterocycles. The summed E-state index contributed by atoms with van der Waals surface area (Å²) in [4.78, 5) is 27.4. The molecule has 0 unspecified atom stereocenters. The summed E-state index contributed by atoms with van der Waals surface area (Å²) in [5.74, 6) is -1.59. The average Bonchev–Trinajstić information content (AvgIpc) is 3.10. The van der Waals surface area contributed by atoms with Gasteiger partial charge in [0, 0.05) is 16.8 Å². The van der Waals surface area contributed by atoms with Crippen molar-refractivity contribution in [2.24, 2.45) is 0 Å². The van der Waals surface area contributed by atoms with Crippen LogP contribution in [-0.4, -0.2) is 30.5 Å². The van der Waals surface area contributed by atoms with E-state index < -0.39 is 23.5 Å². The van der Waals surface area contributed by atoms with Gasteiger partial charge in [0.1, 0.15) is 23.1 Å². The zero-order valence-corrected chi connectivity index (χ0v) is 18.1. The minimum Gasteiger partial charge on any atom is -0.507 e. The lowest BCUT2D eigenvalue weighted by molar-refractivity contribution is -0.132. The van der Waals surface area contributed by atoms with Crippen molar-refractivity contribution >= 4 is 23.1 Å². The van der Waals surface area contributed by atoms with Crippen LogP contribution in [0.3, 0.4) is 0 Å². The minimum atomic E-state index is -1.15. The number of carbonyl (C=O) groups is 2. The van der Waals surface area contributed by atoms with Crippen molar-refractivity contribution in [3.63, 3.8) is 0 Å². The SMILES string of the molecule is CCOc1ccc(C(O)=C2C(=O)C(=O)N(c3ccc(OC)cc3)[C@H]2c2ccccc2F)cc1. The van der Waals surface area contributed by atoms with Gasteiger partial charge in [-0.3, -0.25) is 14.5 Å². The van der Waals surface area contributed by atoms with Crippen molar-refractivity contribution in [2.75, 3.05) is 18.6 Å². The van der Waals surface area contributed by atoms with Gasteiger partial charge in [-0.25, -0.2) is 4.39 Å². The number of ketones is 1. The Morgan fingerprint density at radius 1 is 0.970 bits per heavy atom. The van der Waals surface area contributed by atoms with E-state index in [-0.39, 0.29) is 16.9 Å². The van der Waals surface area contributed by atoms with Gasteiger partial charge >= 0.3 is 0 Å². The number of anilines is 1. The predicted molar refractivity (Wildman–Crippen MR) is 122 cm³/mol. The highest BCUT2D eigenvalue weighted by Gasteiger charge is 2.47. The molecule has 1 heterocycles. The molecule has 3 aromatic carbocycles. The smallest absolute Gasteiger partial charge is 0.300 e. The standard InChI is InChI=1S/C26H22FNO5/c1-3-33-19-12-8-16(9-13-19)24(29)22-23(20-6-4-5-7-21(20)27)28(26(31)25(22)30)17-10-14-18(32-2)15-11-17/h4-15,23,29H,3H2,1-2H3/t23-/m0/s1. The van der Waals surface area contributed by atoms with E-state index in [4.69, 9.17) is 9.47 Å². The first-order valence-corrected chi connectivity index (χ1v) is 10.4. The first kappa shape index (κ1) is 22.1. The van der Waals surface area contributed by atoms with Gasteiger partial charge in [-0.05, 0) is 61.5 Å². The molecule has 0 bridgehead atoms. The van der Waals surface area contributed by atoms with E-state index in [1.807, 2.05) is 6.92 Å². The molecule has 3 aromatic rings. The maximum atomic E-state index is 14.9. The second kappa shape index (κ2) is 9.16. The van der Waals surface area contributed by atoms with E-state index in [9.17, 15) is 19.1 Å². The molecule has 0 aliphatic carbocycles. The van der Waals surface area contributed by atoms with E-state index in [0.29, 0.717) is 29.4 Å². The van der Waals surface area contributed by atoms with Crippen LogP contribution in [0.1, 0.15) is 24.1 Å². The van der Waals surface area contributed by atoms with Gasteiger partial charge in [0.2, 0.25) is 0 Å². The molecule has 0 spiro atoms. The maximum absolute atomic E-state index is 14.9. The van der Waals surface area contributed by atoms with Crippen LogP contribution in [0.4, 0.5) is 10.1 Å². The Morgan fingerprint density at radius 2 is 1.61 bits per heavy atom. The van der Waals surface area contributed by atoms with Crippen molar-refractivity contribution in [2.45, 2.75) is 13.0 Å². The molecule has 0 radical (unpaired) electrons. The Hall–Kier alpha value is -4.13. The Kier molecular flexibility index (Phi) is 6.13. The molecule has 1 atom stereocenters. The van der Waals surface area contributed by atoms with Gasteiger partial charge in [0.15, 0.2) is 0 Å². The second-order valence-electron chi connectivity index (χ2n) is 7.35. The molecule has 1 amide bonds. The van der Waals surface area contributed by atoms with E-state index in [1.54, 1.807) is 54.6 Å². The summed E-state index contributed by atoms with van der Waals surface area (Å²) in [5.41, 5.74) is 0.592. The third-order valence-electron chi connectivity index (χ3n) is 5.43. The number of methoxy groups -OCH3 is 1. The van der Waals surface area contributed by atoms with Crippen LogP contribution in [-0.2, 0) is 9.59 Å². The average molecular weight is 447 g/mol. The summed E-state index contributed by atoms with van der Waals surface area (Å²) in [6.07, 6.45) is 0. The number of rotatable bonds is 6. The van der Waals surface area contributed by atoms with Crippen LogP contribution < -0.4 is 14.4 Å². The summed E-state index contributed by atoms with van der Waals surface area (Å²) in [7, 11) is 1.51. The largest absolute Gasteiger partial charge is 0.507 e. The lowest BCUT2D eigenvalue weighted by Crippen LogP contribution is -2.29. The molecule has 6 nitrogen and oxygen atoms in total. The van der Waals surface area contributed by atoms with E-state index in [0.717, 1.165) is 0 Å². The fraction of sp³-hybridized carbons (Fsp3) is 0.154. The molecule has 4 rings (SSSR count). The first-order chi connectivity index (χ1) is 16.0. The number of nitrogens with zero attached hydrogens (tertiary/aromatic N) is 1. The van der Waals surface area contributed by atoms with Crippen molar-refractivity contribution in [1.29, 1.82) is 0 Å². The first-order valence-electron chi connectivity index (χ1n) is 10.4. The Bertz CT molecular complexity index is 1220. The third-order valence-corrected chi connectivity index (χ3v) is 5.43. The van der Waals surface area contributed by atoms with Gasteiger partial charge in [-0.1, -0.05) is 18.2 Å². The monoisotopic (exact) mass is 447 g/mol. The number of benzene rings is 3. The van der Waals surface area contributed by atoms with Crippen LogP contribution >= 0.6 is 0 Å². The molecular weight excluding hydrogens is 425 g/mol. The minimum absolute atomic E-state index is 0.0972. The highest BCUT2D eigenvalue weighted by Crippen LogP contribution is 2.43. The van der Waals surface area contributed by atoms with Crippen LogP contribution in [0, 0.1) is 5.82 Å². The molecular formula is C26H22FNO5. The fourth-order valence-electron chi connectivity index (χ4n) is 3.86. The molecule has 7 heteroatoms. The number of hydrogen-bond donors (Lipinski definition) is 1. The normalized spacial score (nSPS) is 17.3. The van der Waals surface area contributed by atoms with Gasteiger partial charge < -0.3 is 14.6 Å². The summed E-state index contributed by atoms with van der Waals surface area (Å²) >= 11 is 0. The number of Topliss-reactive ketones (excluding diaryl/α,β-unsaturated/α-hetero) is 1. The number of hydrogen-bond acceptors (Lipinski definition) is 5. The summed E-state index contributed by atoms with van der Waals surface area (Å²) in [5, 5.41) is 11.1. The van der Waals surface area contributed by atoms with Crippen LogP contribution in [0.2, 0.25) is 0 Å². The fourth-order valence-corrected chi connectivity index (χ4v) is 3.86. The van der Waals surface area contributed by atoms with Gasteiger partial charge in [-0.15, -0.1) is 0 Å². The third kappa shape index (κ3) is 4.05. The highest BCUT2D eigenvalue weighted by atomic mass is 19.1. The topological polar surface area (TPSA) is 76.1 Å². The Balaban J connectivity index is 1.89. The predicted octanol–water partition coefficient (Wildman–Crippen LogP) is 4.86.